The second-order valence-electron chi connectivity index (χ2n) is 3.40. The molecule has 0 fully saturated rings. The fourth-order valence-electron chi connectivity index (χ4n) is 1.42. The maximum absolute atomic E-state index is 5.28. The van der Waals surface area contributed by atoms with E-state index in [2.05, 4.69) is 11.8 Å². The molecule has 2 nitrogen and oxygen atoms in total. The summed E-state index contributed by atoms with van der Waals surface area (Å²) >= 11 is 0. The smallest absolute Gasteiger partial charge is 0.118 e. The van der Waals surface area contributed by atoms with Crippen molar-refractivity contribution in [2.24, 2.45) is 0 Å². The molecular formula is C14H15NO. The first-order valence-corrected chi connectivity index (χ1v) is 5.02. The first-order valence-electron chi connectivity index (χ1n) is 5.02. The van der Waals surface area contributed by atoms with Crippen LogP contribution in [0.2, 0.25) is 0 Å². The zero-order chi connectivity index (χ0) is 11.8. The third-order valence-corrected chi connectivity index (χ3v) is 2.20. The molecule has 0 saturated carbocycles. The Morgan fingerprint density at radius 3 is 2.12 bits per heavy atom. The van der Waals surface area contributed by atoms with E-state index in [1.165, 1.54) is 5.56 Å². The number of benzene rings is 1. The summed E-state index contributed by atoms with van der Waals surface area (Å²) in [4.78, 5) is 2.03. The minimum Gasteiger partial charge on any atom is -0.497 e. The zero-order valence-corrected chi connectivity index (χ0v) is 9.44. The van der Waals surface area contributed by atoms with E-state index in [0.29, 0.717) is 13.1 Å². The van der Waals surface area contributed by atoms with Gasteiger partial charge >= 0.3 is 0 Å². The highest BCUT2D eigenvalue weighted by atomic mass is 16.5. The Morgan fingerprint density at radius 2 is 1.69 bits per heavy atom. The van der Waals surface area contributed by atoms with Gasteiger partial charge < -0.3 is 4.74 Å². The van der Waals surface area contributed by atoms with Crippen LogP contribution in [-0.4, -0.2) is 25.1 Å². The SMILES string of the molecule is C#CCN(CC#C)Cc1ccc(OC)cc1. The van der Waals surface area contributed by atoms with Crippen molar-refractivity contribution in [3.8, 4) is 30.4 Å². The molecule has 0 radical (unpaired) electrons. The van der Waals surface area contributed by atoms with Gasteiger partial charge in [-0.05, 0) is 17.7 Å². The third-order valence-electron chi connectivity index (χ3n) is 2.20. The van der Waals surface area contributed by atoms with E-state index in [1.807, 2.05) is 29.2 Å². The van der Waals surface area contributed by atoms with Crippen LogP contribution in [0.1, 0.15) is 5.56 Å². The molecule has 0 unspecified atom stereocenters. The maximum Gasteiger partial charge on any atom is 0.118 e. The first-order chi connectivity index (χ1) is 7.80. The molecule has 0 heterocycles. The van der Waals surface area contributed by atoms with Gasteiger partial charge in [0.15, 0.2) is 0 Å². The quantitative estimate of drug-likeness (QED) is 0.691. The molecule has 0 saturated heterocycles. The molecule has 1 aromatic carbocycles. The molecule has 82 valence electrons. The molecule has 0 aliphatic heterocycles. The maximum atomic E-state index is 5.28. The number of hydrogen-bond acceptors (Lipinski definition) is 2. The van der Waals surface area contributed by atoms with Gasteiger partial charge in [0.2, 0.25) is 0 Å². The highest BCUT2D eigenvalue weighted by Gasteiger charge is 2.02. The topological polar surface area (TPSA) is 12.5 Å². The summed E-state index contributed by atoms with van der Waals surface area (Å²) in [6.07, 6.45) is 10.6. The van der Waals surface area contributed by atoms with Crippen LogP contribution in [0, 0.1) is 24.7 Å². The summed E-state index contributed by atoms with van der Waals surface area (Å²) in [7, 11) is 1.65. The van der Waals surface area contributed by atoms with E-state index in [-0.39, 0.29) is 0 Å². The molecule has 0 N–H and O–H groups in total. The Bertz CT molecular complexity index is 378. The molecule has 16 heavy (non-hydrogen) atoms. The van der Waals surface area contributed by atoms with E-state index in [4.69, 9.17) is 17.6 Å². The highest BCUT2D eigenvalue weighted by molar-refractivity contribution is 5.27. The molecule has 0 aliphatic rings. The Morgan fingerprint density at radius 1 is 1.12 bits per heavy atom. The Hall–Kier alpha value is -1.90. The zero-order valence-electron chi connectivity index (χ0n) is 9.44. The molecule has 1 aromatic rings. The molecule has 0 spiro atoms. The fourth-order valence-corrected chi connectivity index (χ4v) is 1.42. The molecule has 0 amide bonds. The van der Waals surface area contributed by atoms with Crippen molar-refractivity contribution in [2.75, 3.05) is 20.2 Å². The van der Waals surface area contributed by atoms with Crippen molar-refractivity contribution in [3.63, 3.8) is 0 Å². The van der Waals surface area contributed by atoms with Gasteiger partial charge in [0.1, 0.15) is 5.75 Å². The van der Waals surface area contributed by atoms with Crippen LogP contribution in [0.15, 0.2) is 24.3 Å². The number of nitrogens with zero attached hydrogens (tertiary/aromatic N) is 1. The van der Waals surface area contributed by atoms with Crippen LogP contribution in [0.3, 0.4) is 0 Å². The number of terminal acetylenes is 2. The van der Waals surface area contributed by atoms with Crippen LogP contribution in [0.5, 0.6) is 5.75 Å². The van der Waals surface area contributed by atoms with Gasteiger partial charge in [-0.15, -0.1) is 12.8 Å². The second kappa shape index (κ2) is 6.56. The van der Waals surface area contributed by atoms with Crippen LogP contribution in [0.25, 0.3) is 0 Å². The second-order valence-corrected chi connectivity index (χ2v) is 3.40. The average Bonchev–Trinajstić information content (AvgIpc) is 2.31. The van der Waals surface area contributed by atoms with Gasteiger partial charge in [0.25, 0.3) is 0 Å². The van der Waals surface area contributed by atoms with Gasteiger partial charge in [-0.3, -0.25) is 4.90 Å². The standard InChI is InChI=1S/C14H15NO/c1-4-10-15(11-5-2)12-13-6-8-14(16-3)9-7-13/h1-2,6-9H,10-12H2,3H3. The van der Waals surface area contributed by atoms with Crippen molar-refractivity contribution in [3.05, 3.63) is 29.8 Å². The Kier molecular flexibility index (Phi) is 4.99. The van der Waals surface area contributed by atoms with E-state index in [0.717, 1.165) is 12.3 Å². The molecule has 0 bridgehead atoms. The summed E-state index contributed by atoms with van der Waals surface area (Å²) in [5.41, 5.74) is 1.17. The summed E-state index contributed by atoms with van der Waals surface area (Å²) in [5, 5.41) is 0. The average molecular weight is 213 g/mol. The van der Waals surface area contributed by atoms with Crippen molar-refractivity contribution in [1.82, 2.24) is 4.90 Å². The van der Waals surface area contributed by atoms with Crippen molar-refractivity contribution < 1.29 is 4.74 Å². The Labute approximate surface area is 97.2 Å². The first kappa shape index (κ1) is 12.2. The van der Waals surface area contributed by atoms with E-state index in [1.54, 1.807) is 7.11 Å². The van der Waals surface area contributed by atoms with Gasteiger partial charge in [0.05, 0.1) is 20.2 Å². The number of hydrogen-bond donors (Lipinski definition) is 0. The molecule has 2 heteroatoms. The van der Waals surface area contributed by atoms with Crippen LogP contribution in [-0.2, 0) is 6.54 Å². The van der Waals surface area contributed by atoms with E-state index >= 15 is 0 Å². The lowest BCUT2D eigenvalue weighted by Gasteiger charge is -2.16. The minimum atomic E-state index is 0.566. The summed E-state index contributed by atoms with van der Waals surface area (Å²) in [6, 6.07) is 7.89. The fraction of sp³-hybridized carbons (Fsp3) is 0.286. The molecular weight excluding hydrogens is 198 g/mol. The summed E-state index contributed by atoms with van der Waals surface area (Å²) < 4.78 is 5.09. The lowest BCUT2D eigenvalue weighted by atomic mass is 10.2. The van der Waals surface area contributed by atoms with Gasteiger partial charge in [-0.2, -0.15) is 0 Å². The lowest BCUT2D eigenvalue weighted by Crippen LogP contribution is -2.23. The van der Waals surface area contributed by atoms with Gasteiger partial charge in [0, 0.05) is 6.54 Å². The molecule has 1 rings (SSSR count). The lowest BCUT2D eigenvalue weighted by molar-refractivity contribution is 0.337. The third kappa shape index (κ3) is 3.69. The van der Waals surface area contributed by atoms with Crippen molar-refractivity contribution in [2.45, 2.75) is 6.54 Å². The monoisotopic (exact) mass is 213 g/mol. The number of ether oxygens (including phenoxy) is 1. The van der Waals surface area contributed by atoms with Crippen LogP contribution < -0.4 is 4.74 Å². The van der Waals surface area contributed by atoms with Crippen molar-refractivity contribution >= 4 is 0 Å². The molecule has 0 aromatic heterocycles. The highest BCUT2D eigenvalue weighted by Crippen LogP contribution is 2.12. The van der Waals surface area contributed by atoms with Gasteiger partial charge in [-0.1, -0.05) is 24.0 Å². The largest absolute Gasteiger partial charge is 0.497 e. The van der Waals surface area contributed by atoms with Gasteiger partial charge in [-0.25, -0.2) is 0 Å². The Balaban J connectivity index is 2.63. The van der Waals surface area contributed by atoms with Crippen molar-refractivity contribution in [1.29, 1.82) is 0 Å². The predicted octanol–water partition coefficient (Wildman–Crippen LogP) is 1.76. The summed E-state index contributed by atoms with van der Waals surface area (Å²) in [5.74, 6) is 6.05. The van der Waals surface area contributed by atoms with E-state index < -0.39 is 0 Å². The normalized spacial score (nSPS) is 9.50. The summed E-state index contributed by atoms with van der Waals surface area (Å²) in [6.45, 7) is 1.89. The van der Waals surface area contributed by atoms with Crippen LogP contribution in [0.4, 0.5) is 0 Å². The van der Waals surface area contributed by atoms with E-state index in [9.17, 15) is 0 Å². The minimum absolute atomic E-state index is 0.566. The predicted molar refractivity (Wildman–Crippen MR) is 65.9 cm³/mol. The number of rotatable bonds is 5. The molecule has 0 aliphatic carbocycles. The van der Waals surface area contributed by atoms with Crippen LogP contribution >= 0.6 is 0 Å². The molecule has 0 atom stereocenters. The number of methoxy groups -OCH3 is 1.